The first-order chi connectivity index (χ1) is 6.60. The molecule has 0 aliphatic carbocycles. The van der Waals surface area contributed by atoms with Gasteiger partial charge in [0.05, 0.1) is 7.11 Å². The van der Waals surface area contributed by atoms with Gasteiger partial charge in [-0.05, 0) is 0 Å². The van der Waals surface area contributed by atoms with Gasteiger partial charge < -0.3 is 4.74 Å². The third kappa shape index (κ3) is 1.91. The number of ether oxygens (including phenoxy) is 1. The Morgan fingerprint density at radius 1 is 1.64 bits per heavy atom. The molecule has 0 fully saturated rings. The molecular weight excluding hydrogens is 214 g/mol. The first-order valence-electron chi connectivity index (χ1n) is 3.52. The van der Waals surface area contributed by atoms with Crippen molar-refractivity contribution in [3.8, 4) is 11.8 Å². The summed E-state index contributed by atoms with van der Waals surface area (Å²) in [5.41, 5.74) is -0.788. The molecule has 0 aromatic carbocycles. The molecule has 14 heavy (non-hydrogen) atoms. The van der Waals surface area contributed by atoms with Gasteiger partial charge in [0.25, 0.3) is 6.43 Å². The van der Waals surface area contributed by atoms with E-state index in [9.17, 15) is 8.78 Å². The second kappa shape index (κ2) is 4.20. The average Bonchev–Trinajstić information content (AvgIpc) is 2.17. The van der Waals surface area contributed by atoms with Crippen molar-refractivity contribution in [3.63, 3.8) is 0 Å². The van der Waals surface area contributed by atoms with Gasteiger partial charge in [0, 0.05) is 6.07 Å². The van der Waals surface area contributed by atoms with Crippen LogP contribution in [0.25, 0.3) is 0 Å². The summed E-state index contributed by atoms with van der Waals surface area (Å²) < 4.78 is 29.2. The van der Waals surface area contributed by atoms with Crippen LogP contribution in [0.4, 0.5) is 8.78 Å². The minimum Gasteiger partial charge on any atom is -0.495 e. The van der Waals surface area contributed by atoms with Crippen LogP contribution < -0.4 is 4.74 Å². The highest BCUT2D eigenvalue weighted by Gasteiger charge is 2.16. The molecule has 0 saturated heterocycles. The standard InChI is InChI=1S/C8H5ClF2N2O/c1-14-6-2-4(8(10)11)13-5(3-12)7(6)9/h2,8H,1H3. The number of aromatic nitrogens is 1. The van der Waals surface area contributed by atoms with Gasteiger partial charge in [-0.15, -0.1) is 0 Å². The molecule has 0 aliphatic heterocycles. The van der Waals surface area contributed by atoms with Gasteiger partial charge in [-0.25, -0.2) is 13.8 Å². The van der Waals surface area contributed by atoms with Gasteiger partial charge in [-0.1, -0.05) is 11.6 Å². The molecule has 0 aliphatic rings. The maximum atomic E-state index is 12.3. The predicted molar refractivity (Wildman–Crippen MR) is 45.5 cm³/mol. The fourth-order valence-electron chi connectivity index (χ4n) is 0.859. The number of halogens is 3. The van der Waals surface area contributed by atoms with Crippen LogP contribution in [0.15, 0.2) is 6.07 Å². The first-order valence-corrected chi connectivity index (χ1v) is 3.90. The van der Waals surface area contributed by atoms with Gasteiger partial charge in [0.15, 0.2) is 5.69 Å². The van der Waals surface area contributed by atoms with E-state index in [0.29, 0.717) is 0 Å². The van der Waals surface area contributed by atoms with Crippen LogP contribution in [0, 0.1) is 11.3 Å². The van der Waals surface area contributed by atoms with Crippen LogP contribution in [0.5, 0.6) is 5.75 Å². The van der Waals surface area contributed by atoms with Crippen LogP contribution in [0.2, 0.25) is 5.02 Å². The van der Waals surface area contributed by atoms with Gasteiger partial charge in [-0.3, -0.25) is 0 Å². The number of methoxy groups -OCH3 is 1. The van der Waals surface area contributed by atoms with Crippen LogP contribution in [0.1, 0.15) is 17.8 Å². The zero-order valence-electron chi connectivity index (χ0n) is 7.09. The Morgan fingerprint density at radius 3 is 2.71 bits per heavy atom. The predicted octanol–water partition coefficient (Wildman–Crippen LogP) is 2.55. The number of nitriles is 1. The van der Waals surface area contributed by atoms with E-state index in [1.165, 1.54) is 7.11 Å². The van der Waals surface area contributed by atoms with Gasteiger partial charge in [0.2, 0.25) is 0 Å². The van der Waals surface area contributed by atoms with Crippen LogP contribution in [-0.2, 0) is 0 Å². The number of nitrogens with zero attached hydrogens (tertiary/aromatic N) is 2. The van der Waals surface area contributed by atoms with Crippen molar-refractivity contribution in [2.75, 3.05) is 7.11 Å². The van der Waals surface area contributed by atoms with E-state index in [1.54, 1.807) is 6.07 Å². The lowest BCUT2D eigenvalue weighted by Gasteiger charge is -2.06. The summed E-state index contributed by atoms with van der Waals surface area (Å²) in [5.74, 6) is 0.0218. The lowest BCUT2D eigenvalue weighted by molar-refractivity contribution is 0.145. The molecule has 0 radical (unpaired) electrons. The second-order valence-corrected chi connectivity index (χ2v) is 2.70. The molecule has 3 nitrogen and oxygen atoms in total. The molecule has 0 atom stereocenters. The smallest absolute Gasteiger partial charge is 0.280 e. The third-order valence-electron chi connectivity index (χ3n) is 1.49. The number of pyridine rings is 1. The zero-order chi connectivity index (χ0) is 10.7. The molecule has 0 N–H and O–H groups in total. The number of alkyl halides is 2. The lowest BCUT2D eigenvalue weighted by Crippen LogP contribution is -1.97. The molecule has 1 aromatic heterocycles. The summed E-state index contributed by atoms with van der Waals surface area (Å²) in [5, 5.41) is 8.49. The van der Waals surface area contributed by atoms with E-state index in [1.807, 2.05) is 0 Å². The maximum Gasteiger partial charge on any atom is 0.280 e. The summed E-state index contributed by atoms with van der Waals surface area (Å²) >= 11 is 5.63. The van der Waals surface area contributed by atoms with E-state index in [4.69, 9.17) is 21.6 Å². The van der Waals surface area contributed by atoms with Crippen LogP contribution >= 0.6 is 11.6 Å². The topological polar surface area (TPSA) is 45.9 Å². The Bertz CT molecular complexity index is 390. The summed E-state index contributed by atoms with van der Waals surface area (Å²) in [6.45, 7) is 0. The molecule has 1 rings (SSSR count). The van der Waals surface area contributed by atoms with E-state index < -0.39 is 12.1 Å². The highest BCUT2D eigenvalue weighted by Crippen LogP contribution is 2.30. The van der Waals surface area contributed by atoms with Crippen molar-refractivity contribution >= 4 is 11.6 Å². The number of rotatable bonds is 2. The molecular formula is C8H5ClF2N2O. The molecule has 0 saturated carbocycles. The Kier molecular flexibility index (Phi) is 3.20. The molecule has 6 heteroatoms. The van der Waals surface area contributed by atoms with Crippen LogP contribution in [-0.4, -0.2) is 12.1 Å². The summed E-state index contributed by atoms with van der Waals surface area (Å²) in [6, 6.07) is 2.62. The average molecular weight is 219 g/mol. The summed E-state index contributed by atoms with van der Waals surface area (Å²) in [4.78, 5) is 3.38. The fourth-order valence-corrected chi connectivity index (χ4v) is 1.08. The largest absolute Gasteiger partial charge is 0.495 e. The van der Waals surface area contributed by atoms with E-state index >= 15 is 0 Å². The number of hydrogen-bond acceptors (Lipinski definition) is 3. The van der Waals surface area contributed by atoms with Crippen LogP contribution in [0.3, 0.4) is 0 Å². The lowest BCUT2D eigenvalue weighted by atomic mass is 10.3. The summed E-state index contributed by atoms with van der Waals surface area (Å²) in [6.07, 6.45) is -2.76. The molecule has 74 valence electrons. The Morgan fingerprint density at radius 2 is 2.29 bits per heavy atom. The van der Waals surface area contributed by atoms with Gasteiger partial charge >= 0.3 is 0 Å². The zero-order valence-corrected chi connectivity index (χ0v) is 7.85. The SMILES string of the molecule is COc1cc(C(F)F)nc(C#N)c1Cl. The molecule has 1 aromatic rings. The highest BCUT2D eigenvalue weighted by atomic mass is 35.5. The third-order valence-corrected chi connectivity index (χ3v) is 1.86. The van der Waals surface area contributed by atoms with E-state index in [2.05, 4.69) is 4.98 Å². The normalized spacial score (nSPS) is 10.0. The Hall–Kier alpha value is -1.41. The van der Waals surface area contributed by atoms with Crippen molar-refractivity contribution in [1.29, 1.82) is 5.26 Å². The van der Waals surface area contributed by atoms with Crippen molar-refractivity contribution < 1.29 is 13.5 Å². The molecule has 0 amide bonds. The first kappa shape index (κ1) is 10.7. The second-order valence-electron chi connectivity index (χ2n) is 2.32. The van der Waals surface area contributed by atoms with Crippen molar-refractivity contribution in [3.05, 3.63) is 22.5 Å². The molecule has 0 unspecified atom stereocenters. The molecule has 0 bridgehead atoms. The number of hydrogen-bond donors (Lipinski definition) is 0. The minimum absolute atomic E-state index is 0.0218. The Balaban J connectivity index is 3.34. The molecule has 0 spiro atoms. The maximum absolute atomic E-state index is 12.3. The van der Waals surface area contributed by atoms with E-state index in [0.717, 1.165) is 6.07 Å². The quantitative estimate of drug-likeness (QED) is 0.766. The Labute approximate surface area is 83.9 Å². The van der Waals surface area contributed by atoms with Crippen molar-refractivity contribution in [2.24, 2.45) is 0 Å². The van der Waals surface area contributed by atoms with E-state index in [-0.39, 0.29) is 16.5 Å². The summed E-state index contributed by atoms with van der Waals surface area (Å²) in [7, 11) is 1.28. The minimum atomic E-state index is -2.76. The van der Waals surface area contributed by atoms with Crippen molar-refractivity contribution in [1.82, 2.24) is 4.98 Å². The highest BCUT2D eigenvalue weighted by molar-refractivity contribution is 6.33. The van der Waals surface area contributed by atoms with Crippen molar-refractivity contribution in [2.45, 2.75) is 6.43 Å². The van der Waals surface area contributed by atoms with Gasteiger partial charge in [0.1, 0.15) is 22.5 Å². The van der Waals surface area contributed by atoms with Gasteiger partial charge in [-0.2, -0.15) is 5.26 Å². The molecule has 1 heterocycles. The fraction of sp³-hybridized carbons (Fsp3) is 0.250. The monoisotopic (exact) mass is 218 g/mol.